The van der Waals surface area contributed by atoms with Crippen LogP contribution in [0.2, 0.25) is 0 Å². The number of nitrogens with two attached hydrogens (primary N) is 1. The standard InChI is InChI=1S/C15H30N4S.HI/c16-15(19-11-13-20-14-12-19)17-7-3-1-4-8-18-9-5-2-6-10-18;/h1-14H2,(H2,16,17);1H. The smallest absolute Gasteiger partial charge is 0.191 e. The molecule has 6 heteroatoms. The second-order valence-electron chi connectivity index (χ2n) is 5.80. The maximum absolute atomic E-state index is 6.04. The summed E-state index contributed by atoms with van der Waals surface area (Å²) in [5, 5.41) is 0. The summed E-state index contributed by atoms with van der Waals surface area (Å²) in [5.74, 6) is 3.14. The van der Waals surface area contributed by atoms with Crippen LogP contribution in [0.15, 0.2) is 4.99 Å². The van der Waals surface area contributed by atoms with E-state index in [9.17, 15) is 0 Å². The minimum absolute atomic E-state index is 0. The molecule has 124 valence electrons. The van der Waals surface area contributed by atoms with Crippen molar-refractivity contribution >= 4 is 41.7 Å². The molecule has 0 atom stereocenters. The number of piperidine rings is 1. The predicted molar refractivity (Wildman–Crippen MR) is 105 cm³/mol. The van der Waals surface area contributed by atoms with Gasteiger partial charge in [-0.2, -0.15) is 11.8 Å². The van der Waals surface area contributed by atoms with Crippen molar-refractivity contribution in [1.82, 2.24) is 9.80 Å². The maximum atomic E-state index is 6.04. The molecule has 0 aromatic carbocycles. The Morgan fingerprint density at radius 1 is 0.952 bits per heavy atom. The van der Waals surface area contributed by atoms with Crippen molar-refractivity contribution in [3.63, 3.8) is 0 Å². The van der Waals surface area contributed by atoms with Gasteiger partial charge in [-0.25, -0.2) is 0 Å². The molecule has 2 rings (SSSR count). The van der Waals surface area contributed by atoms with E-state index in [2.05, 4.69) is 14.8 Å². The first-order valence-electron chi connectivity index (χ1n) is 8.21. The van der Waals surface area contributed by atoms with E-state index in [0.717, 1.165) is 25.6 Å². The van der Waals surface area contributed by atoms with Gasteiger partial charge in [0.15, 0.2) is 5.96 Å². The van der Waals surface area contributed by atoms with Crippen molar-refractivity contribution in [2.45, 2.75) is 38.5 Å². The number of thioether (sulfide) groups is 1. The van der Waals surface area contributed by atoms with Gasteiger partial charge >= 0.3 is 0 Å². The number of aliphatic imine (C=N–C) groups is 1. The number of nitrogens with zero attached hydrogens (tertiary/aromatic N) is 3. The third-order valence-electron chi connectivity index (χ3n) is 4.19. The fourth-order valence-electron chi connectivity index (χ4n) is 2.89. The fraction of sp³-hybridized carbons (Fsp3) is 0.933. The van der Waals surface area contributed by atoms with E-state index < -0.39 is 0 Å². The van der Waals surface area contributed by atoms with Crippen molar-refractivity contribution in [3.05, 3.63) is 0 Å². The Balaban J connectivity index is 0.00000220. The van der Waals surface area contributed by atoms with Gasteiger partial charge in [0.25, 0.3) is 0 Å². The number of likely N-dealkylation sites (tertiary alicyclic amines) is 1. The summed E-state index contributed by atoms with van der Waals surface area (Å²) in [5.41, 5.74) is 6.04. The van der Waals surface area contributed by atoms with Gasteiger partial charge in [0.2, 0.25) is 0 Å². The SMILES string of the molecule is I.NC(=NCCCCCN1CCCCC1)N1CCSCC1. The number of halogens is 1. The highest BCUT2D eigenvalue weighted by Crippen LogP contribution is 2.10. The van der Waals surface area contributed by atoms with Crippen LogP contribution in [0.3, 0.4) is 0 Å². The summed E-state index contributed by atoms with van der Waals surface area (Å²) in [4.78, 5) is 9.37. The van der Waals surface area contributed by atoms with Gasteiger partial charge in [-0.05, 0) is 45.3 Å². The van der Waals surface area contributed by atoms with Crippen LogP contribution >= 0.6 is 35.7 Å². The van der Waals surface area contributed by atoms with Crippen LogP contribution < -0.4 is 5.73 Å². The van der Waals surface area contributed by atoms with Crippen LogP contribution in [0.1, 0.15) is 38.5 Å². The highest BCUT2D eigenvalue weighted by Gasteiger charge is 2.11. The molecule has 0 amide bonds. The monoisotopic (exact) mass is 426 g/mol. The Morgan fingerprint density at radius 2 is 1.67 bits per heavy atom. The van der Waals surface area contributed by atoms with Gasteiger partial charge < -0.3 is 15.5 Å². The molecule has 2 aliphatic rings. The minimum Gasteiger partial charge on any atom is -0.370 e. The van der Waals surface area contributed by atoms with E-state index in [1.807, 2.05) is 11.8 Å². The normalized spacial score (nSPS) is 21.1. The number of guanidine groups is 1. The zero-order chi connectivity index (χ0) is 14.0. The molecule has 2 aliphatic heterocycles. The predicted octanol–water partition coefficient (Wildman–Crippen LogP) is 2.62. The largest absolute Gasteiger partial charge is 0.370 e. The van der Waals surface area contributed by atoms with Gasteiger partial charge in [-0.15, -0.1) is 24.0 Å². The second kappa shape index (κ2) is 11.8. The first kappa shape index (κ1) is 19.4. The van der Waals surface area contributed by atoms with E-state index in [1.54, 1.807) is 0 Å². The van der Waals surface area contributed by atoms with Gasteiger partial charge in [0.05, 0.1) is 0 Å². The Kier molecular flexibility index (Phi) is 10.9. The Morgan fingerprint density at radius 3 is 2.38 bits per heavy atom. The first-order valence-corrected chi connectivity index (χ1v) is 9.37. The van der Waals surface area contributed by atoms with Crippen LogP contribution in [0, 0.1) is 0 Å². The third-order valence-corrected chi connectivity index (χ3v) is 5.13. The first-order chi connectivity index (χ1) is 9.86. The zero-order valence-corrected chi connectivity index (χ0v) is 16.3. The number of hydrogen-bond donors (Lipinski definition) is 1. The van der Waals surface area contributed by atoms with Crippen molar-refractivity contribution < 1.29 is 0 Å². The third kappa shape index (κ3) is 7.93. The molecule has 4 nitrogen and oxygen atoms in total. The van der Waals surface area contributed by atoms with Gasteiger partial charge in [0.1, 0.15) is 0 Å². The Hall–Kier alpha value is 0.310. The Labute approximate surface area is 151 Å². The average Bonchev–Trinajstić information content (AvgIpc) is 2.52. The number of rotatable bonds is 6. The van der Waals surface area contributed by atoms with Gasteiger partial charge in [0, 0.05) is 31.1 Å². The quantitative estimate of drug-likeness (QED) is 0.307. The molecule has 0 bridgehead atoms. The lowest BCUT2D eigenvalue weighted by Crippen LogP contribution is -2.42. The minimum atomic E-state index is 0. The molecular formula is C15H31IN4S. The highest BCUT2D eigenvalue weighted by molar-refractivity contribution is 14.0. The maximum Gasteiger partial charge on any atom is 0.191 e. The second-order valence-corrected chi connectivity index (χ2v) is 7.03. The molecule has 0 unspecified atom stereocenters. The van der Waals surface area contributed by atoms with Gasteiger partial charge in [-0.1, -0.05) is 12.8 Å². The number of hydrogen-bond acceptors (Lipinski definition) is 3. The van der Waals surface area contributed by atoms with E-state index in [0.29, 0.717) is 0 Å². The summed E-state index contributed by atoms with van der Waals surface area (Å²) < 4.78 is 0. The average molecular weight is 426 g/mol. The molecule has 0 spiro atoms. The lowest BCUT2D eigenvalue weighted by atomic mass is 10.1. The van der Waals surface area contributed by atoms with Crippen LogP contribution in [0.5, 0.6) is 0 Å². The molecule has 2 fully saturated rings. The zero-order valence-electron chi connectivity index (χ0n) is 13.1. The van der Waals surface area contributed by atoms with Crippen molar-refractivity contribution in [3.8, 4) is 0 Å². The molecule has 0 aromatic rings. The van der Waals surface area contributed by atoms with Gasteiger partial charge in [-0.3, -0.25) is 4.99 Å². The van der Waals surface area contributed by atoms with Crippen molar-refractivity contribution in [2.75, 3.05) is 50.8 Å². The lowest BCUT2D eigenvalue weighted by molar-refractivity contribution is 0.224. The lowest BCUT2D eigenvalue weighted by Gasteiger charge is -2.27. The van der Waals surface area contributed by atoms with Crippen LogP contribution in [0.25, 0.3) is 0 Å². The van der Waals surface area contributed by atoms with E-state index in [-0.39, 0.29) is 24.0 Å². The summed E-state index contributed by atoms with van der Waals surface area (Å²) in [6.07, 6.45) is 8.00. The topological polar surface area (TPSA) is 44.9 Å². The van der Waals surface area contributed by atoms with Crippen molar-refractivity contribution in [2.24, 2.45) is 10.7 Å². The van der Waals surface area contributed by atoms with Crippen LogP contribution in [-0.4, -0.2) is 66.5 Å². The summed E-state index contributed by atoms with van der Waals surface area (Å²) in [7, 11) is 0. The molecule has 0 radical (unpaired) electrons. The molecule has 0 saturated carbocycles. The van der Waals surface area contributed by atoms with E-state index in [1.165, 1.54) is 69.7 Å². The summed E-state index contributed by atoms with van der Waals surface area (Å²) in [6.45, 7) is 6.94. The molecule has 2 N–H and O–H groups in total. The Bertz CT molecular complexity index is 289. The number of unbranched alkanes of at least 4 members (excludes halogenated alkanes) is 2. The van der Waals surface area contributed by atoms with Crippen LogP contribution in [0.4, 0.5) is 0 Å². The highest BCUT2D eigenvalue weighted by atomic mass is 127. The fourth-order valence-corrected chi connectivity index (χ4v) is 3.80. The van der Waals surface area contributed by atoms with E-state index in [4.69, 9.17) is 5.73 Å². The molecular weight excluding hydrogens is 395 g/mol. The van der Waals surface area contributed by atoms with E-state index >= 15 is 0 Å². The molecule has 21 heavy (non-hydrogen) atoms. The van der Waals surface area contributed by atoms with Crippen LogP contribution in [-0.2, 0) is 0 Å². The molecule has 0 aliphatic carbocycles. The summed E-state index contributed by atoms with van der Waals surface area (Å²) in [6, 6.07) is 0. The summed E-state index contributed by atoms with van der Waals surface area (Å²) >= 11 is 2.01. The molecule has 0 aromatic heterocycles. The van der Waals surface area contributed by atoms with Crippen molar-refractivity contribution in [1.29, 1.82) is 0 Å². The molecule has 2 heterocycles. The molecule has 2 saturated heterocycles.